The molecule has 2 heteroatoms. The zero-order valence-corrected chi connectivity index (χ0v) is 30.5. The molecule has 0 N–H and O–H groups in total. The van der Waals surface area contributed by atoms with Crippen LogP contribution in [0.1, 0.15) is 5.56 Å². The third-order valence-corrected chi connectivity index (χ3v) is 10.8. The van der Waals surface area contributed by atoms with Crippen LogP contribution in [0.25, 0.3) is 77.2 Å². The molecule has 0 amide bonds. The molecule has 0 bridgehead atoms. The van der Waals surface area contributed by atoms with Gasteiger partial charge in [0.2, 0.25) is 0 Å². The molecule has 55 heavy (non-hydrogen) atoms. The standard InChI is InChI=1S/C53H37NO/c1-36-47-20-9-10-24-52(47)55-53(36)44-18-11-16-41(33-44)40-27-25-38(26-28-40)39-29-31-45(32-30-39)54(46-19-12-17-42(34-46)37-13-3-2-4-14-37)51-35-43-15-5-6-21-48(43)49-22-7-8-23-50(49)51/h2-35H,1H3. The molecule has 10 rings (SSSR count). The van der Waals surface area contributed by atoms with Crippen molar-refractivity contribution in [1.29, 1.82) is 0 Å². The van der Waals surface area contributed by atoms with Gasteiger partial charge in [0.15, 0.2) is 0 Å². The quantitative estimate of drug-likeness (QED) is 0.154. The molecule has 1 heterocycles. The summed E-state index contributed by atoms with van der Waals surface area (Å²) >= 11 is 0. The first-order valence-electron chi connectivity index (χ1n) is 18.8. The Balaban J connectivity index is 1.02. The van der Waals surface area contributed by atoms with Crippen LogP contribution in [-0.2, 0) is 0 Å². The van der Waals surface area contributed by atoms with E-state index in [2.05, 4.69) is 206 Å². The third kappa shape index (κ3) is 5.95. The number of hydrogen-bond acceptors (Lipinski definition) is 2. The number of aryl methyl sites for hydroxylation is 1. The summed E-state index contributed by atoms with van der Waals surface area (Å²) in [6, 6.07) is 74.0. The molecule has 0 aliphatic rings. The molecule has 0 spiro atoms. The van der Waals surface area contributed by atoms with Crippen molar-refractivity contribution in [3.63, 3.8) is 0 Å². The van der Waals surface area contributed by atoms with Gasteiger partial charge in [-0.05, 0) is 98.9 Å². The van der Waals surface area contributed by atoms with Gasteiger partial charge in [-0.2, -0.15) is 0 Å². The van der Waals surface area contributed by atoms with Gasteiger partial charge in [0.1, 0.15) is 11.3 Å². The third-order valence-electron chi connectivity index (χ3n) is 10.8. The lowest BCUT2D eigenvalue weighted by Crippen LogP contribution is -2.10. The lowest BCUT2D eigenvalue weighted by atomic mass is 9.97. The molecule has 0 fully saturated rings. The van der Waals surface area contributed by atoms with Gasteiger partial charge in [-0.3, -0.25) is 0 Å². The van der Waals surface area contributed by atoms with Crippen molar-refractivity contribution in [2.24, 2.45) is 0 Å². The summed E-state index contributed by atoms with van der Waals surface area (Å²) in [5.74, 6) is 0.928. The van der Waals surface area contributed by atoms with E-state index in [0.29, 0.717) is 0 Å². The molecule has 2 nitrogen and oxygen atoms in total. The second-order valence-corrected chi connectivity index (χ2v) is 14.2. The zero-order valence-electron chi connectivity index (χ0n) is 30.5. The van der Waals surface area contributed by atoms with Crippen molar-refractivity contribution < 1.29 is 4.42 Å². The first-order chi connectivity index (χ1) is 27.2. The summed E-state index contributed by atoms with van der Waals surface area (Å²) in [6.07, 6.45) is 0. The van der Waals surface area contributed by atoms with Gasteiger partial charge in [0.25, 0.3) is 0 Å². The van der Waals surface area contributed by atoms with Crippen molar-refractivity contribution >= 4 is 49.6 Å². The van der Waals surface area contributed by atoms with Crippen LogP contribution in [0.5, 0.6) is 0 Å². The molecule has 9 aromatic carbocycles. The van der Waals surface area contributed by atoms with Crippen LogP contribution in [0.3, 0.4) is 0 Å². The van der Waals surface area contributed by atoms with E-state index in [9.17, 15) is 0 Å². The van der Waals surface area contributed by atoms with E-state index in [1.807, 2.05) is 12.1 Å². The lowest BCUT2D eigenvalue weighted by molar-refractivity contribution is 0.629. The monoisotopic (exact) mass is 703 g/mol. The van der Waals surface area contributed by atoms with Gasteiger partial charge < -0.3 is 9.32 Å². The summed E-state index contributed by atoms with van der Waals surface area (Å²) in [5, 5.41) is 6.10. The number of nitrogens with zero attached hydrogens (tertiary/aromatic N) is 1. The molecule has 1 aromatic heterocycles. The molecular formula is C53H37NO. The molecule has 0 radical (unpaired) electrons. The molecule has 0 saturated heterocycles. The maximum atomic E-state index is 6.30. The predicted molar refractivity (Wildman–Crippen MR) is 232 cm³/mol. The van der Waals surface area contributed by atoms with Gasteiger partial charge in [-0.15, -0.1) is 0 Å². The van der Waals surface area contributed by atoms with E-state index in [-0.39, 0.29) is 0 Å². The summed E-state index contributed by atoms with van der Waals surface area (Å²) in [5.41, 5.74) is 13.6. The fourth-order valence-corrected chi connectivity index (χ4v) is 8.05. The van der Waals surface area contributed by atoms with Crippen LogP contribution in [0.4, 0.5) is 17.1 Å². The topological polar surface area (TPSA) is 16.4 Å². The Morgan fingerprint density at radius 2 is 0.873 bits per heavy atom. The lowest BCUT2D eigenvalue weighted by Gasteiger charge is -2.28. The molecule has 0 aliphatic carbocycles. The van der Waals surface area contributed by atoms with E-state index >= 15 is 0 Å². The number of rotatable bonds is 7. The van der Waals surface area contributed by atoms with Crippen molar-refractivity contribution in [3.8, 4) is 44.7 Å². The maximum absolute atomic E-state index is 6.30. The first-order valence-corrected chi connectivity index (χ1v) is 18.8. The van der Waals surface area contributed by atoms with E-state index in [4.69, 9.17) is 4.42 Å². The van der Waals surface area contributed by atoms with Gasteiger partial charge >= 0.3 is 0 Å². The number of furan rings is 1. The summed E-state index contributed by atoms with van der Waals surface area (Å²) in [7, 11) is 0. The number of benzene rings is 9. The zero-order chi connectivity index (χ0) is 36.7. The Morgan fingerprint density at radius 1 is 0.345 bits per heavy atom. The molecule has 260 valence electrons. The second kappa shape index (κ2) is 13.7. The first kappa shape index (κ1) is 32.5. The highest BCUT2D eigenvalue weighted by Gasteiger charge is 2.18. The van der Waals surface area contributed by atoms with Crippen LogP contribution in [0, 0.1) is 6.92 Å². The van der Waals surface area contributed by atoms with Crippen LogP contribution in [-0.4, -0.2) is 0 Å². The minimum Gasteiger partial charge on any atom is -0.456 e. The molecule has 0 aliphatic heterocycles. The van der Waals surface area contributed by atoms with E-state index in [1.54, 1.807) is 0 Å². The summed E-state index contributed by atoms with van der Waals surface area (Å²) < 4.78 is 6.30. The van der Waals surface area contributed by atoms with Crippen LogP contribution < -0.4 is 4.90 Å². The Morgan fingerprint density at radius 3 is 1.62 bits per heavy atom. The highest BCUT2D eigenvalue weighted by Crippen LogP contribution is 2.43. The fourth-order valence-electron chi connectivity index (χ4n) is 8.05. The van der Waals surface area contributed by atoms with Crippen molar-refractivity contribution in [1.82, 2.24) is 0 Å². The Hall–Kier alpha value is -7.16. The molecular weight excluding hydrogens is 667 g/mol. The predicted octanol–water partition coefficient (Wildman–Crippen LogP) is 15.2. The number of fused-ring (bicyclic) bond motifs is 4. The van der Waals surface area contributed by atoms with Gasteiger partial charge in [0, 0.05) is 33.3 Å². The fraction of sp³-hybridized carbons (Fsp3) is 0.0189. The van der Waals surface area contributed by atoms with Crippen LogP contribution >= 0.6 is 0 Å². The smallest absolute Gasteiger partial charge is 0.138 e. The molecule has 10 aromatic rings. The average molecular weight is 704 g/mol. The number of hydrogen-bond donors (Lipinski definition) is 0. The second-order valence-electron chi connectivity index (χ2n) is 14.2. The van der Waals surface area contributed by atoms with E-state index in [1.165, 1.54) is 54.9 Å². The average Bonchev–Trinajstić information content (AvgIpc) is 3.60. The highest BCUT2D eigenvalue weighted by molar-refractivity contribution is 6.14. The maximum Gasteiger partial charge on any atom is 0.138 e. The SMILES string of the molecule is Cc1c(-c2cccc(-c3ccc(-c4ccc(N(c5cccc(-c6ccccc6)c5)c5cc6ccccc6c6ccccc56)cc4)cc3)c2)oc2ccccc12. The van der Waals surface area contributed by atoms with E-state index < -0.39 is 0 Å². The normalized spacial score (nSPS) is 11.4. The number of anilines is 3. The Bertz CT molecular complexity index is 2970. The molecule has 0 atom stereocenters. The minimum absolute atomic E-state index is 0.921. The van der Waals surface area contributed by atoms with E-state index in [0.717, 1.165) is 44.9 Å². The number of para-hydroxylation sites is 1. The Labute approximate surface area is 321 Å². The molecule has 0 unspecified atom stereocenters. The van der Waals surface area contributed by atoms with Gasteiger partial charge in [-0.1, -0.05) is 164 Å². The Kier molecular flexibility index (Phi) is 8.08. The summed E-state index contributed by atoms with van der Waals surface area (Å²) in [4.78, 5) is 2.41. The van der Waals surface area contributed by atoms with Crippen molar-refractivity contribution in [2.75, 3.05) is 4.90 Å². The van der Waals surface area contributed by atoms with Gasteiger partial charge in [0.05, 0.1) is 5.69 Å². The van der Waals surface area contributed by atoms with Crippen LogP contribution in [0.15, 0.2) is 211 Å². The van der Waals surface area contributed by atoms with Crippen molar-refractivity contribution in [3.05, 3.63) is 212 Å². The summed E-state index contributed by atoms with van der Waals surface area (Å²) in [6.45, 7) is 2.14. The molecule has 0 saturated carbocycles. The minimum atomic E-state index is 0.921. The van der Waals surface area contributed by atoms with Crippen molar-refractivity contribution in [2.45, 2.75) is 6.92 Å². The van der Waals surface area contributed by atoms with Gasteiger partial charge in [-0.25, -0.2) is 0 Å². The largest absolute Gasteiger partial charge is 0.456 e. The highest BCUT2D eigenvalue weighted by atomic mass is 16.3. The van der Waals surface area contributed by atoms with Crippen LogP contribution in [0.2, 0.25) is 0 Å².